The lowest BCUT2D eigenvalue weighted by Crippen LogP contribution is -2.45. The number of piperidine rings is 1. The molecular weight excluding hydrogens is 463 g/mol. The van der Waals surface area contributed by atoms with Gasteiger partial charge >= 0.3 is 0 Å². The zero-order valence-electron chi connectivity index (χ0n) is 20.3. The maximum absolute atomic E-state index is 14.0. The minimum Gasteiger partial charge on any atom is -0.491 e. The maximum Gasteiger partial charge on any atom is 0.227 e. The van der Waals surface area contributed by atoms with E-state index in [0.29, 0.717) is 49.6 Å². The zero-order chi connectivity index (χ0) is 25.1. The van der Waals surface area contributed by atoms with E-state index < -0.39 is 12.3 Å². The van der Waals surface area contributed by atoms with Crippen molar-refractivity contribution in [1.82, 2.24) is 29.9 Å². The molecule has 36 heavy (non-hydrogen) atoms. The summed E-state index contributed by atoms with van der Waals surface area (Å²) in [6.45, 7) is 5.91. The van der Waals surface area contributed by atoms with Gasteiger partial charge in [-0.15, -0.1) is 5.10 Å². The van der Waals surface area contributed by atoms with E-state index in [9.17, 15) is 9.50 Å². The van der Waals surface area contributed by atoms with Gasteiger partial charge < -0.3 is 20.1 Å². The molecule has 0 spiro atoms. The number of nitrogens with zero attached hydrogens (tertiary/aromatic N) is 7. The second-order valence-corrected chi connectivity index (χ2v) is 9.12. The van der Waals surface area contributed by atoms with Gasteiger partial charge in [0.15, 0.2) is 0 Å². The Labute approximate surface area is 208 Å². The average Bonchev–Trinajstić information content (AvgIpc) is 3.39. The molecule has 1 fully saturated rings. The van der Waals surface area contributed by atoms with Crippen molar-refractivity contribution in [3.05, 3.63) is 54.6 Å². The Hall–Kier alpha value is -3.86. The van der Waals surface area contributed by atoms with Crippen LogP contribution in [0.25, 0.3) is 10.8 Å². The van der Waals surface area contributed by atoms with E-state index >= 15 is 0 Å². The molecule has 4 aromatic rings. The van der Waals surface area contributed by atoms with Gasteiger partial charge in [0, 0.05) is 30.5 Å². The molecule has 5 rings (SSSR count). The number of hydrogen-bond donors (Lipinski definition) is 2. The number of alkyl halides is 1. The fraction of sp³-hybridized carbons (Fsp3) is 0.400. The summed E-state index contributed by atoms with van der Waals surface area (Å²) in [4.78, 5) is 15.2. The van der Waals surface area contributed by atoms with E-state index in [2.05, 4.69) is 50.5 Å². The molecular formula is C25H29FN8O2. The first-order chi connectivity index (χ1) is 17.5. The van der Waals surface area contributed by atoms with Gasteiger partial charge in [-0.25, -0.2) is 19.0 Å². The molecule has 2 unspecified atom stereocenters. The number of aliphatic hydroxyl groups excluding tert-OH is 1. The van der Waals surface area contributed by atoms with Gasteiger partial charge in [-0.3, -0.25) is 0 Å². The van der Waals surface area contributed by atoms with Crippen molar-refractivity contribution >= 4 is 28.4 Å². The summed E-state index contributed by atoms with van der Waals surface area (Å²) in [6.07, 6.45) is 4.96. The summed E-state index contributed by atoms with van der Waals surface area (Å²) in [5.41, 5.74) is 1.18. The lowest BCUT2D eigenvalue weighted by Gasteiger charge is -2.32. The van der Waals surface area contributed by atoms with Crippen LogP contribution in [0, 0.1) is 0 Å². The van der Waals surface area contributed by atoms with Gasteiger partial charge in [0.25, 0.3) is 0 Å². The van der Waals surface area contributed by atoms with Gasteiger partial charge in [-0.2, -0.15) is 4.98 Å². The molecule has 0 amide bonds. The second-order valence-electron chi connectivity index (χ2n) is 9.12. The van der Waals surface area contributed by atoms with E-state index in [4.69, 9.17) is 4.74 Å². The summed E-state index contributed by atoms with van der Waals surface area (Å²) in [5.74, 6) is 2.67. The summed E-state index contributed by atoms with van der Waals surface area (Å²) in [7, 11) is 0. The van der Waals surface area contributed by atoms with Crippen LogP contribution in [0.5, 0.6) is 5.75 Å². The Morgan fingerprint density at radius 2 is 2.06 bits per heavy atom. The first kappa shape index (κ1) is 23.9. The number of aromatic nitrogens is 6. The van der Waals surface area contributed by atoms with Crippen molar-refractivity contribution < 1.29 is 14.2 Å². The second kappa shape index (κ2) is 10.4. The standard InChI is InChI=1S/C25H29FN8O2/c1-16(2)17-3-4-22(36-12-11-34-10-8-29-32-34)19-14-28-24(13-18(17)19)30-23-5-7-27-25(31-23)33-9-6-21(35)20(26)15-33/h3-5,7-8,10,13-14,16,20-21,35H,6,9,11-12,15H2,1-2H3,(H,27,28,30,31). The van der Waals surface area contributed by atoms with Crippen molar-refractivity contribution in [1.29, 1.82) is 0 Å². The predicted molar refractivity (Wildman–Crippen MR) is 134 cm³/mol. The van der Waals surface area contributed by atoms with Crippen LogP contribution < -0.4 is 15.0 Å². The number of hydrogen-bond acceptors (Lipinski definition) is 9. The van der Waals surface area contributed by atoms with Gasteiger partial charge in [-0.1, -0.05) is 25.1 Å². The van der Waals surface area contributed by atoms with Gasteiger partial charge in [0.05, 0.1) is 25.4 Å². The fourth-order valence-corrected chi connectivity index (χ4v) is 4.31. The topological polar surface area (TPSA) is 114 Å². The predicted octanol–water partition coefficient (Wildman–Crippen LogP) is 3.47. The molecule has 10 nitrogen and oxygen atoms in total. The minimum absolute atomic E-state index is 0.0658. The number of halogens is 1. The molecule has 0 radical (unpaired) electrons. The Balaban J connectivity index is 1.37. The highest BCUT2D eigenvalue weighted by Gasteiger charge is 2.28. The third-order valence-corrected chi connectivity index (χ3v) is 6.26. The maximum atomic E-state index is 14.0. The van der Waals surface area contributed by atoms with Crippen LogP contribution >= 0.6 is 0 Å². The molecule has 188 valence electrons. The lowest BCUT2D eigenvalue weighted by atomic mass is 9.96. The van der Waals surface area contributed by atoms with E-state index in [0.717, 1.165) is 16.5 Å². The quantitative estimate of drug-likeness (QED) is 0.382. The Kier molecular flexibility index (Phi) is 6.90. The monoisotopic (exact) mass is 492 g/mol. The summed E-state index contributed by atoms with van der Waals surface area (Å²) in [5, 5.41) is 22.7. The van der Waals surface area contributed by atoms with Gasteiger partial charge in [-0.05, 0) is 41.5 Å². The molecule has 1 aromatic carbocycles. The number of nitrogens with one attached hydrogen (secondary N) is 1. The smallest absolute Gasteiger partial charge is 0.227 e. The van der Waals surface area contributed by atoms with Crippen LogP contribution in [0.15, 0.2) is 49.1 Å². The molecule has 1 aliphatic rings. The van der Waals surface area contributed by atoms with Crippen LogP contribution in [0.4, 0.5) is 22.0 Å². The third kappa shape index (κ3) is 5.20. The average molecular weight is 493 g/mol. The van der Waals surface area contributed by atoms with Crippen LogP contribution in [0.3, 0.4) is 0 Å². The first-order valence-corrected chi connectivity index (χ1v) is 12.0. The van der Waals surface area contributed by atoms with Gasteiger partial charge in [0.1, 0.15) is 30.2 Å². The number of fused-ring (bicyclic) bond motifs is 1. The Morgan fingerprint density at radius 3 is 2.83 bits per heavy atom. The highest BCUT2D eigenvalue weighted by Crippen LogP contribution is 2.34. The van der Waals surface area contributed by atoms with E-state index in [1.54, 1.807) is 40.4 Å². The summed E-state index contributed by atoms with van der Waals surface area (Å²) < 4.78 is 21.8. The largest absolute Gasteiger partial charge is 0.491 e. The molecule has 1 saturated heterocycles. The number of aliphatic hydroxyl groups is 1. The van der Waals surface area contributed by atoms with Crippen molar-refractivity contribution in [2.75, 3.05) is 29.9 Å². The van der Waals surface area contributed by atoms with Crippen molar-refractivity contribution in [2.45, 2.75) is 45.0 Å². The molecule has 3 aromatic heterocycles. The SMILES string of the molecule is CC(C)c1ccc(OCCn2ccnn2)c2cnc(Nc3ccnc(N4CCC(O)C(F)C4)n3)cc12. The van der Waals surface area contributed by atoms with Crippen LogP contribution in [-0.2, 0) is 6.54 Å². The molecule has 11 heteroatoms. The van der Waals surface area contributed by atoms with E-state index in [1.807, 2.05) is 12.1 Å². The molecule has 4 heterocycles. The normalized spacial score (nSPS) is 18.1. The van der Waals surface area contributed by atoms with Crippen molar-refractivity contribution in [3.63, 3.8) is 0 Å². The molecule has 0 saturated carbocycles. The van der Waals surface area contributed by atoms with Crippen molar-refractivity contribution in [3.8, 4) is 5.75 Å². The zero-order valence-corrected chi connectivity index (χ0v) is 20.3. The Bertz CT molecular complexity index is 1320. The van der Waals surface area contributed by atoms with Gasteiger partial charge in [0.2, 0.25) is 5.95 Å². The van der Waals surface area contributed by atoms with Crippen LogP contribution in [-0.4, -0.2) is 67.0 Å². The number of rotatable bonds is 8. The number of ether oxygens (including phenoxy) is 1. The Morgan fingerprint density at radius 1 is 1.17 bits per heavy atom. The van der Waals surface area contributed by atoms with E-state index in [1.165, 1.54) is 5.56 Å². The molecule has 0 bridgehead atoms. The minimum atomic E-state index is -1.32. The number of anilines is 3. The van der Waals surface area contributed by atoms with Crippen LogP contribution in [0.2, 0.25) is 0 Å². The summed E-state index contributed by atoms with van der Waals surface area (Å²) in [6, 6.07) is 7.81. The molecule has 0 aliphatic carbocycles. The highest BCUT2D eigenvalue weighted by atomic mass is 19.1. The van der Waals surface area contributed by atoms with Crippen LogP contribution in [0.1, 0.15) is 31.7 Å². The number of benzene rings is 1. The molecule has 2 N–H and O–H groups in total. The third-order valence-electron chi connectivity index (χ3n) is 6.26. The molecule has 2 atom stereocenters. The highest BCUT2D eigenvalue weighted by molar-refractivity contribution is 5.92. The van der Waals surface area contributed by atoms with Crippen molar-refractivity contribution in [2.24, 2.45) is 0 Å². The lowest BCUT2D eigenvalue weighted by molar-refractivity contribution is 0.0612. The number of pyridine rings is 1. The fourth-order valence-electron chi connectivity index (χ4n) is 4.31. The first-order valence-electron chi connectivity index (χ1n) is 12.0. The summed E-state index contributed by atoms with van der Waals surface area (Å²) >= 11 is 0. The van der Waals surface area contributed by atoms with E-state index in [-0.39, 0.29) is 6.54 Å². The molecule has 1 aliphatic heterocycles.